The maximum absolute atomic E-state index is 12.9. The van der Waals surface area contributed by atoms with Gasteiger partial charge >= 0.3 is 0 Å². The van der Waals surface area contributed by atoms with Crippen molar-refractivity contribution in [3.05, 3.63) is 106 Å². The fourth-order valence-electron chi connectivity index (χ4n) is 3.66. The SMILES string of the molecule is O=C(C[C@@H](c1nc2ccccc2c(=O)[nH]1)c1nc2ccccc2s1)NCc1ccccc1. The van der Waals surface area contributed by atoms with Gasteiger partial charge in [0.25, 0.3) is 5.56 Å². The summed E-state index contributed by atoms with van der Waals surface area (Å²) in [7, 11) is 0. The molecule has 1 amide bonds. The minimum Gasteiger partial charge on any atom is -0.352 e. The number of fused-ring (bicyclic) bond motifs is 2. The molecule has 2 aromatic heterocycles. The summed E-state index contributed by atoms with van der Waals surface area (Å²) >= 11 is 1.51. The molecule has 0 fully saturated rings. The molecule has 0 unspecified atom stereocenters. The van der Waals surface area contributed by atoms with Gasteiger partial charge in [0.2, 0.25) is 5.91 Å². The molecule has 0 aliphatic heterocycles. The summed E-state index contributed by atoms with van der Waals surface area (Å²) in [5.41, 5.74) is 2.27. The van der Waals surface area contributed by atoms with Crippen molar-refractivity contribution < 1.29 is 4.79 Å². The first kappa shape index (κ1) is 20.1. The summed E-state index contributed by atoms with van der Waals surface area (Å²) in [6.07, 6.45) is 0.133. The van der Waals surface area contributed by atoms with E-state index in [2.05, 4.69) is 15.3 Å². The summed E-state index contributed by atoms with van der Waals surface area (Å²) < 4.78 is 1.03. The van der Waals surface area contributed by atoms with Crippen LogP contribution >= 0.6 is 11.3 Å². The molecule has 158 valence electrons. The number of nitrogens with zero attached hydrogens (tertiary/aromatic N) is 2. The van der Waals surface area contributed by atoms with E-state index in [1.807, 2.05) is 60.7 Å². The van der Waals surface area contributed by atoms with Crippen LogP contribution in [0.1, 0.15) is 28.7 Å². The van der Waals surface area contributed by atoms with Gasteiger partial charge in [0.05, 0.1) is 27.0 Å². The molecule has 0 radical (unpaired) electrons. The molecule has 32 heavy (non-hydrogen) atoms. The summed E-state index contributed by atoms with van der Waals surface area (Å²) in [5, 5.41) is 4.24. The predicted molar refractivity (Wildman–Crippen MR) is 127 cm³/mol. The Labute approximate surface area is 188 Å². The van der Waals surface area contributed by atoms with E-state index in [1.54, 1.807) is 18.2 Å². The molecule has 2 heterocycles. The summed E-state index contributed by atoms with van der Waals surface area (Å²) in [6, 6.07) is 24.8. The number of amides is 1. The second-order valence-electron chi connectivity index (χ2n) is 7.51. The number of H-pyrrole nitrogens is 1. The molecule has 2 N–H and O–H groups in total. The van der Waals surface area contributed by atoms with Crippen LogP contribution in [-0.4, -0.2) is 20.9 Å². The van der Waals surface area contributed by atoms with E-state index in [1.165, 1.54) is 11.3 Å². The fraction of sp³-hybridized carbons (Fsp3) is 0.120. The van der Waals surface area contributed by atoms with E-state index >= 15 is 0 Å². The fourth-order valence-corrected chi connectivity index (χ4v) is 4.74. The van der Waals surface area contributed by atoms with Crippen LogP contribution < -0.4 is 10.9 Å². The quantitative estimate of drug-likeness (QED) is 0.410. The van der Waals surface area contributed by atoms with E-state index in [4.69, 9.17) is 4.98 Å². The Kier molecular flexibility index (Phi) is 5.47. The van der Waals surface area contributed by atoms with Crippen molar-refractivity contribution in [2.24, 2.45) is 0 Å². The van der Waals surface area contributed by atoms with Gasteiger partial charge in [-0.2, -0.15) is 0 Å². The van der Waals surface area contributed by atoms with Crippen molar-refractivity contribution in [1.82, 2.24) is 20.3 Å². The second-order valence-corrected chi connectivity index (χ2v) is 8.57. The number of hydrogen-bond donors (Lipinski definition) is 2. The van der Waals surface area contributed by atoms with Crippen LogP contribution in [0, 0.1) is 0 Å². The average Bonchev–Trinajstić information content (AvgIpc) is 3.26. The molecule has 1 atom stereocenters. The van der Waals surface area contributed by atoms with Crippen LogP contribution in [0.2, 0.25) is 0 Å². The van der Waals surface area contributed by atoms with Crippen molar-refractivity contribution in [2.45, 2.75) is 18.9 Å². The third-order valence-electron chi connectivity index (χ3n) is 5.29. The van der Waals surface area contributed by atoms with Crippen molar-refractivity contribution >= 4 is 38.4 Å². The lowest BCUT2D eigenvalue weighted by molar-refractivity contribution is -0.121. The van der Waals surface area contributed by atoms with Crippen molar-refractivity contribution in [3.63, 3.8) is 0 Å². The summed E-state index contributed by atoms with van der Waals surface area (Å²) in [6.45, 7) is 0.438. The molecule has 0 saturated heterocycles. The number of aromatic amines is 1. The number of rotatable bonds is 6. The van der Waals surface area contributed by atoms with Gasteiger partial charge in [-0.1, -0.05) is 54.6 Å². The van der Waals surface area contributed by atoms with E-state index in [0.29, 0.717) is 23.3 Å². The number of carbonyl (C=O) groups excluding carboxylic acids is 1. The molecule has 0 saturated carbocycles. The minimum absolute atomic E-state index is 0.131. The molecule has 7 heteroatoms. The lowest BCUT2D eigenvalue weighted by Gasteiger charge is -2.14. The van der Waals surface area contributed by atoms with Gasteiger partial charge in [-0.15, -0.1) is 11.3 Å². The standard InChI is InChI=1S/C25H20N4O2S/c30-22(26-15-16-8-2-1-3-9-16)14-18(25-28-20-12-6-7-13-21(20)32-25)23-27-19-11-5-4-10-17(19)24(31)29-23/h1-13,18H,14-15H2,(H,26,30)(H,27,29,31)/t18-/m0/s1. The van der Waals surface area contributed by atoms with Crippen LogP contribution in [-0.2, 0) is 11.3 Å². The van der Waals surface area contributed by atoms with Crippen molar-refractivity contribution in [3.8, 4) is 0 Å². The molecular formula is C25H20N4O2S. The number of aromatic nitrogens is 3. The molecule has 0 bridgehead atoms. The molecule has 3 aromatic carbocycles. The van der Waals surface area contributed by atoms with Crippen molar-refractivity contribution in [1.29, 1.82) is 0 Å². The van der Waals surface area contributed by atoms with Crippen LogP contribution in [0.3, 0.4) is 0 Å². The van der Waals surface area contributed by atoms with Crippen LogP contribution in [0.5, 0.6) is 0 Å². The maximum Gasteiger partial charge on any atom is 0.258 e. The van der Waals surface area contributed by atoms with Gasteiger partial charge in [0, 0.05) is 13.0 Å². The third-order valence-corrected chi connectivity index (χ3v) is 6.44. The van der Waals surface area contributed by atoms with Gasteiger partial charge < -0.3 is 10.3 Å². The van der Waals surface area contributed by atoms with Crippen molar-refractivity contribution in [2.75, 3.05) is 0 Å². The number of thiazole rings is 1. The van der Waals surface area contributed by atoms with E-state index < -0.39 is 5.92 Å². The Morgan fingerprint density at radius 2 is 1.62 bits per heavy atom. The lowest BCUT2D eigenvalue weighted by atomic mass is 10.0. The van der Waals surface area contributed by atoms with E-state index in [0.717, 1.165) is 20.8 Å². The first-order valence-electron chi connectivity index (χ1n) is 10.3. The monoisotopic (exact) mass is 440 g/mol. The van der Waals surface area contributed by atoms with Gasteiger partial charge in [0.15, 0.2) is 0 Å². The highest BCUT2D eigenvalue weighted by Gasteiger charge is 2.25. The highest BCUT2D eigenvalue weighted by atomic mass is 32.1. The summed E-state index contributed by atoms with van der Waals surface area (Å²) in [5.74, 6) is -0.142. The number of carbonyl (C=O) groups is 1. The van der Waals surface area contributed by atoms with Crippen LogP contribution in [0.25, 0.3) is 21.1 Å². The number of hydrogen-bond acceptors (Lipinski definition) is 5. The Bertz CT molecular complexity index is 1430. The zero-order valence-electron chi connectivity index (χ0n) is 17.1. The minimum atomic E-state index is -0.458. The largest absolute Gasteiger partial charge is 0.352 e. The Morgan fingerprint density at radius 1 is 0.906 bits per heavy atom. The second kappa shape index (κ2) is 8.72. The molecule has 5 aromatic rings. The van der Waals surface area contributed by atoms with Crippen LogP contribution in [0.4, 0.5) is 0 Å². The number of benzene rings is 3. The molecule has 6 nitrogen and oxygen atoms in total. The Hall–Kier alpha value is -3.84. The Balaban J connectivity index is 1.50. The van der Waals surface area contributed by atoms with E-state index in [9.17, 15) is 9.59 Å². The smallest absolute Gasteiger partial charge is 0.258 e. The van der Waals surface area contributed by atoms with E-state index in [-0.39, 0.29) is 17.9 Å². The maximum atomic E-state index is 12.9. The predicted octanol–water partition coefficient (Wildman–Crippen LogP) is 4.37. The average molecular weight is 441 g/mol. The molecular weight excluding hydrogens is 420 g/mol. The zero-order chi connectivity index (χ0) is 21.9. The molecule has 0 aliphatic rings. The van der Waals surface area contributed by atoms with Gasteiger partial charge in [-0.05, 0) is 29.8 Å². The lowest BCUT2D eigenvalue weighted by Crippen LogP contribution is -2.26. The van der Waals surface area contributed by atoms with Gasteiger partial charge in [-0.3, -0.25) is 9.59 Å². The first-order valence-corrected chi connectivity index (χ1v) is 11.1. The van der Waals surface area contributed by atoms with Gasteiger partial charge in [0.1, 0.15) is 10.8 Å². The molecule has 0 spiro atoms. The third kappa shape index (κ3) is 4.15. The topological polar surface area (TPSA) is 87.7 Å². The number of nitrogens with one attached hydrogen (secondary N) is 2. The zero-order valence-corrected chi connectivity index (χ0v) is 17.9. The highest BCUT2D eigenvalue weighted by molar-refractivity contribution is 7.18. The molecule has 0 aliphatic carbocycles. The summed E-state index contributed by atoms with van der Waals surface area (Å²) in [4.78, 5) is 37.9. The highest BCUT2D eigenvalue weighted by Crippen LogP contribution is 2.32. The van der Waals surface area contributed by atoms with Crippen LogP contribution in [0.15, 0.2) is 83.7 Å². The number of para-hydroxylation sites is 2. The normalized spacial score (nSPS) is 12.1. The first-order chi connectivity index (χ1) is 15.7. The van der Waals surface area contributed by atoms with Gasteiger partial charge in [-0.25, -0.2) is 9.97 Å². The Morgan fingerprint density at radius 3 is 2.44 bits per heavy atom. The molecule has 5 rings (SSSR count).